The van der Waals surface area contributed by atoms with Gasteiger partial charge in [0.15, 0.2) is 0 Å². The van der Waals surface area contributed by atoms with Crippen LogP contribution in [0, 0.1) is 5.92 Å². The number of nitrogens with zero attached hydrogens (tertiary/aromatic N) is 2. The molecule has 2 heterocycles. The Bertz CT molecular complexity index is 456. The van der Waals surface area contributed by atoms with Gasteiger partial charge in [0.05, 0.1) is 27.8 Å². The van der Waals surface area contributed by atoms with Crippen molar-refractivity contribution >= 4 is 11.5 Å². The van der Waals surface area contributed by atoms with Gasteiger partial charge in [-0.1, -0.05) is 18.3 Å². The number of ether oxygens (including phenoxy) is 1. The summed E-state index contributed by atoms with van der Waals surface area (Å²) in [6, 6.07) is 0.284. The van der Waals surface area contributed by atoms with Crippen LogP contribution in [0.15, 0.2) is 0 Å². The minimum absolute atomic E-state index is 0.0632. The molecular weight excluding hydrogens is 270 g/mol. The van der Waals surface area contributed by atoms with Crippen molar-refractivity contribution < 1.29 is 4.74 Å². The molecule has 0 spiro atoms. The predicted octanol–water partition coefficient (Wildman–Crippen LogP) is 3.34. The van der Waals surface area contributed by atoms with E-state index in [1.54, 1.807) is 0 Å². The fourth-order valence-electron chi connectivity index (χ4n) is 3.46. The van der Waals surface area contributed by atoms with Crippen molar-refractivity contribution in [3.8, 4) is 0 Å². The Morgan fingerprint density at radius 2 is 2.05 bits per heavy atom. The molecule has 0 amide bonds. The lowest BCUT2D eigenvalue weighted by molar-refractivity contribution is -0.0777. The van der Waals surface area contributed by atoms with Crippen LogP contribution in [-0.2, 0) is 11.2 Å². The van der Waals surface area contributed by atoms with E-state index in [-0.39, 0.29) is 17.2 Å². The molecule has 20 heavy (non-hydrogen) atoms. The van der Waals surface area contributed by atoms with Crippen molar-refractivity contribution in [1.82, 2.24) is 14.9 Å². The van der Waals surface area contributed by atoms with E-state index < -0.39 is 0 Å². The van der Waals surface area contributed by atoms with Gasteiger partial charge in [0.2, 0.25) is 0 Å². The Labute approximate surface area is 126 Å². The molecule has 2 unspecified atom stereocenters. The Kier molecular flexibility index (Phi) is 4.52. The molecule has 4 nitrogen and oxygen atoms in total. The lowest BCUT2D eigenvalue weighted by Gasteiger charge is -2.33. The summed E-state index contributed by atoms with van der Waals surface area (Å²) in [5, 5.41) is 7.93. The third-order valence-electron chi connectivity index (χ3n) is 4.17. The van der Waals surface area contributed by atoms with Gasteiger partial charge < -0.3 is 10.1 Å². The van der Waals surface area contributed by atoms with Crippen LogP contribution in [0.3, 0.4) is 0 Å². The van der Waals surface area contributed by atoms with Crippen LogP contribution < -0.4 is 5.32 Å². The first-order chi connectivity index (χ1) is 9.30. The monoisotopic (exact) mass is 297 g/mol. The summed E-state index contributed by atoms with van der Waals surface area (Å²) < 4.78 is 10.4. The Balaban J connectivity index is 2.34. The Morgan fingerprint density at radius 1 is 1.35 bits per heavy atom. The van der Waals surface area contributed by atoms with Crippen molar-refractivity contribution in [2.24, 2.45) is 5.92 Å². The summed E-state index contributed by atoms with van der Waals surface area (Å²) in [4.78, 5) is 1.29. The number of nitrogens with one attached hydrogen (secondary N) is 1. The first-order valence-electron chi connectivity index (χ1n) is 7.55. The average molecular weight is 297 g/mol. The summed E-state index contributed by atoms with van der Waals surface area (Å²) in [5.74, 6) is 0.435. The van der Waals surface area contributed by atoms with Crippen LogP contribution in [-0.4, -0.2) is 27.3 Å². The van der Waals surface area contributed by atoms with E-state index in [9.17, 15) is 0 Å². The highest BCUT2D eigenvalue weighted by Gasteiger charge is 2.49. The minimum atomic E-state index is -0.134. The first-order valence-corrected chi connectivity index (χ1v) is 8.32. The van der Waals surface area contributed by atoms with E-state index in [4.69, 9.17) is 4.74 Å². The van der Waals surface area contributed by atoms with Crippen molar-refractivity contribution in [2.45, 2.75) is 71.6 Å². The molecule has 1 aromatic heterocycles. The molecule has 1 saturated heterocycles. The van der Waals surface area contributed by atoms with E-state index >= 15 is 0 Å². The number of hydrogen-bond acceptors (Lipinski definition) is 5. The number of aromatic nitrogens is 2. The molecule has 1 N–H and O–H groups in total. The summed E-state index contributed by atoms with van der Waals surface area (Å²) >= 11 is 1.53. The van der Waals surface area contributed by atoms with E-state index in [0.29, 0.717) is 5.92 Å². The second kappa shape index (κ2) is 5.70. The SMILES string of the molecule is CCNC(c1snnc1CC)C1CC(C)(C)OC1(C)C. The molecule has 1 fully saturated rings. The van der Waals surface area contributed by atoms with E-state index in [1.165, 1.54) is 16.4 Å². The highest BCUT2D eigenvalue weighted by atomic mass is 32.1. The zero-order valence-corrected chi connectivity index (χ0v) is 14.3. The largest absolute Gasteiger partial charge is 0.369 e. The van der Waals surface area contributed by atoms with Crippen molar-refractivity contribution in [1.29, 1.82) is 0 Å². The number of hydrogen-bond donors (Lipinski definition) is 1. The lowest BCUT2D eigenvalue weighted by atomic mass is 9.80. The number of aryl methyl sites for hydroxylation is 1. The standard InChI is InChI=1S/C15H27N3OS/c1-7-11-13(20-18-17-11)12(16-8-2)10-9-14(3,4)19-15(10,5)6/h10,12,16H,7-9H2,1-6H3. The second-order valence-corrected chi connectivity index (χ2v) is 7.53. The van der Waals surface area contributed by atoms with Crippen molar-refractivity contribution in [3.63, 3.8) is 0 Å². The molecule has 2 atom stereocenters. The molecular formula is C15H27N3OS. The molecule has 0 bridgehead atoms. The molecule has 1 aromatic rings. The van der Waals surface area contributed by atoms with E-state index in [2.05, 4.69) is 56.4 Å². The molecule has 1 aliphatic heterocycles. The van der Waals surface area contributed by atoms with Gasteiger partial charge in [-0.2, -0.15) is 0 Å². The van der Waals surface area contributed by atoms with Gasteiger partial charge in [0.1, 0.15) is 0 Å². The molecule has 5 heteroatoms. The van der Waals surface area contributed by atoms with Crippen LogP contribution in [0.2, 0.25) is 0 Å². The maximum Gasteiger partial charge on any atom is 0.0801 e. The average Bonchev–Trinajstić information content (AvgIpc) is 2.87. The van der Waals surface area contributed by atoms with Crippen molar-refractivity contribution in [2.75, 3.05) is 6.54 Å². The quantitative estimate of drug-likeness (QED) is 0.905. The predicted molar refractivity (Wildman–Crippen MR) is 83.1 cm³/mol. The highest BCUT2D eigenvalue weighted by Crippen LogP contribution is 2.48. The molecule has 0 saturated carbocycles. The molecule has 0 aromatic carbocycles. The highest BCUT2D eigenvalue weighted by molar-refractivity contribution is 7.05. The van der Waals surface area contributed by atoms with Gasteiger partial charge >= 0.3 is 0 Å². The number of rotatable bonds is 5. The topological polar surface area (TPSA) is 47.0 Å². The van der Waals surface area contributed by atoms with Crippen LogP contribution in [0.25, 0.3) is 0 Å². The molecule has 0 radical (unpaired) electrons. The molecule has 1 aliphatic rings. The third kappa shape index (κ3) is 3.05. The summed E-state index contributed by atoms with van der Waals surface area (Å²) in [6.07, 6.45) is 1.99. The van der Waals surface area contributed by atoms with Gasteiger partial charge in [0, 0.05) is 5.92 Å². The van der Waals surface area contributed by atoms with Gasteiger partial charge in [-0.05, 0) is 58.6 Å². The van der Waals surface area contributed by atoms with Crippen LogP contribution >= 0.6 is 11.5 Å². The second-order valence-electron chi connectivity index (χ2n) is 6.75. The molecule has 114 valence electrons. The first kappa shape index (κ1) is 15.9. The van der Waals surface area contributed by atoms with E-state index in [1.807, 2.05) is 0 Å². The third-order valence-corrected chi connectivity index (χ3v) is 5.02. The van der Waals surface area contributed by atoms with Gasteiger partial charge in [-0.15, -0.1) is 5.10 Å². The zero-order chi connectivity index (χ0) is 15.0. The fourth-order valence-corrected chi connectivity index (χ4v) is 4.34. The van der Waals surface area contributed by atoms with Gasteiger partial charge in [-0.25, -0.2) is 0 Å². The summed E-state index contributed by atoms with van der Waals surface area (Å²) in [5.41, 5.74) is 0.930. The van der Waals surface area contributed by atoms with Gasteiger partial charge in [-0.3, -0.25) is 0 Å². The van der Waals surface area contributed by atoms with Gasteiger partial charge in [0.25, 0.3) is 0 Å². The maximum atomic E-state index is 6.27. The van der Waals surface area contributed by atoms with Crippen LogP contribution in [0.4, 0.5) is 0 Å². The van der Waals surface area contributed by atoms with Crippen LogP contribution in [0.5, 0.6) is 0 Å². The van der Waals surface area contributed by atoms with Crippen LogP contribution in [0.1, 0.15) is 64.6 Å². The maximum absolute atomic E-state index is 6.27. The summed E-state index contributed by atoms with van der Waals surface area (Å²) in [7, 11) is 0. The molecule has 0 aliphatic carbocycles. The normalized spacial score (nSPS) is 25.8. The smallest absolute Gasteiger partial charge is 0.0801 e. The Hall–Kier alpha value is -0.520. The Morgan fingerprint density at radius 3 is 2.55 bits per heavy atom. The van der Waals surface area contributed by atoms with Crippen molar-refractivity contribution in [3.05, 3.63) is 10.6 Å². The molecule has 2 rings (SSSR count). The fraction of sp³-hybridized carbons (Fsp3) is 0.867. The van der Waals surface area contributed by atoms with E-state index in [0.717, 1.165) is 25.1 Å². The summed E-state index contributed by atoms with van der Waals surface area (Å²) in [6.45, 7) is 14.0. The zero-order valence-electron chi connectivity index (χ0n) is 13.5. The lowest BCUT2D eigenvalue weighted by Crippen LogP contribution is -2.38. The minimum Gasteiger partial charge on any atom is -0.369 e.